The molecule has 0 radical (unpaired) electrons. The Morgan fingerprint density at radius 2 is 1.82 bits per heavy atom. The minimum absolute atomic E-state index is 0.0323. The van der Waals surface area contributed by atoms with Gasteiger partial charge in [0.2, 0.25) is 23.5 Å². The summed E-state index contributed by atoms with van der Waals surface area (Å²) < 4.78 is 47.3. The van der Waals surface area contributed by atoms with E-state index in [9.17, 15) is 13.2 Å². The van der Waals surface area contributed by atoms with Gasteiger partial charge in [0.25, 0.3) is 0 Å². The number of alkyl halides is 3. The van der Waals surface area contributed by atoms with Crippen LogP contribution in [0.2, 0.25) is 0 Å². The lowest BCUT2D eigenvalue weighted by Crippen LogP contribution is -2.25. The fourth-order valence-electron chi connectivity index (χ4n) is 4.29. The van der Waals surface area contributed by atoms with E-state index < -0.39 is 12.6 Å². The van der Waals surface area contributed by atoms with Crippen molar-refractivity contribution in [1.82, 2.24) is 25.1 Å². The van der Waals surface area contributed by atoms with Crippen LogP contribution in [-0.4, -0.2) is 64.6 Å². The Kier molecular flexibility index (Phi) is 5.71. The molecule has 0 spiro atoms. The number of nitrogen functional groups attached to an aromatic ring is 1. The molecule has 0 amide bonds. The highest BCUT2D eigenvalue weighted by molar-refractivity contribution is 5.59. The molecule has 0 bridgehead atoms. The fourth-order valence-corrected chi connectivity index (χ4v) is 4.29. The number of aromatic nitrogens is 5. The van der Waals surface area contributed by atoms with Gasteiger partial charge in [0.15, 0.2) is 0 Å². The minimum Gasteiger partial charge on any atom is -0.381 e. The van der Waals surface area contributed by atoms with Gasteiger partial charge in [0.1, 0.15) is 0 Å². The average Bonchev–Trinajstić information content (AvgIpc) is 3.17. The van der Waals surface area contributed by atoms with Crippen LogP contribution in [0.4, 0.5) is 36.8 Å². The molecule has 3 heterocycles. The first kappa shape index (κ1) is 22.3. The molecule has 180 valence electrons. The molecule has 5 rings (SSSR count). The Balaban J connectivity index is 1.20. The van der Waals surface area contributed by atoms with Crippen LogP contribution < -0.4 is 15.5 Å². The van der Waals surface area contributed by atoms with E-state index in [0.717, 1.165) is 5.69 Å². The molecule has 1 saturated heterocycles. The molecule has 1 saturated carbocycles. The lowest BCUT2D eigenvalue weighted by molar-refractivity contribution is -0.145. The van der Waals surface area contributed by atoms with Crippen LogP contribution in [0.3, 0.4) is 0 Å². The van der Waals surface area contributed by atoms with Gasteiger partial charge in [0.05, 0.1) is 19.6 Å². The molecule has 13 heteroatoms. The summed E-state index contributed by atoms with van der Waals surface area (Å²) in [6.07, 6.45) is -5.11. The van der Waals surface area contributed by atoms with E-state index in [1.165, 1.54) is 0 Å². The van der Waals surface area contributed by atoms with Gasteiger partial charge in [-0.25, -0.2) is 0 Å². The Labute approximate surface area is 192 Å². The molecule has 1 aromatic carbocycles. The van der Waals surface area contributed by atoms with Crippen LogP contribution in [0.1, 0.15) is 6.42 Å². The second kappa shape index (κ2) is 8.70. The van der Waals surface area contributed by atoms with Crippen LogP contribution in [0.5, 0.6) is 0 Å². The van der Waals surface area contributed by atoms with E-state index in [4.69, 9.17) is 15.0 Å². The van der Waals surface area contributed by atoms with Gasteiger partial charge in [-0.15, -0.1) is 0 Å². The van der Waals surface area contributed by atoms with E-state index in [2.05, 4.69) is 25.1 Å². The summed E-state index contributed by atoms with van der Waals surface area (Å²) in [4.78, 5) is 20.9. The van der Waals surface area contributed by atoms with Crippen LogP contribution in [0, 0.1) is 17.8 Å². The van der Waals surface area contributed by atoms with Crippen LogP contribution >= 0.6 is 0 Å². The molecular weight excluding hydrogens is 453 g/mol. The number of nitrogens with two attached hydrogens (primary N) is 1. The van der Waals surface area contributed by atoms with E-state index in [1.54, 1.807) is 4.90 Å². The molecule has 1 aliphatic carbocycles. The SMILES string of the molecule is CN(c1ccccc1)c1nc(N)nc(-c2noc(N3C[C@@H]4[C@@H](COCCC(F)(F)F)[C@@H]4C3)n2)n1. The molecule has 34 heavy (non-hydrogen) atoms. The quantitative estimate of drug-likeness (QED) is 0.486. The van der Waals surface area contributed by atoms with Crippen LogP contribution in [-0.2, 0) is 4.74 Å². The molecule has 2 aromatic heterocycles. The molecule has 2 fully saturated rings. The number of hydrogen-bond acceptors (Lipinski definition) is 10. The lowest BCUT2D eigenvalue weighted by Gasteiger charge is -2.17. The van der Waals surface area contributed by atoms with Crippen molar-refractivity contribution < 1.29 is 22.4 Å². The molecule has 10 nitrogen and oxygen atoms in total. The standard InChI is InChI=1S/C21H23F3N8O2/c1-31(12-5-3-2-4-6-12)19-27-16(26-18(25)29-19)17-28-20(34-30-17)32-9-13-14(10-32)15(13)11-33-8-7-21(22,23)24/h2-6,13-15H,7-11H2,1H3,(H2,25,26,27,29)/t13-,14+,15+. The number of nitrogens with zero attached hydrogens (tertiary/aromatic N) is 7. The van der Waals surface area contributed by atoms with Gasteiger partial charge in [-0.05, 0) is 29.9 Å². The maximum absolute atomic E-state index is 12.2. The number of anilines is 4. The molecular formula is C21H23F3N8O2. The Bertz CT molecular complexity index is 1130. The second-order valence-corrected chi connectivity index (χ2v) is 8.45. The van der Waals surface area contributed by atoms with Gasteiger partial charge in [-0.2, -0.15) is 33.1 Å². The zero-order chi connectivity index (χ0) is 23.9. The Hall–Kier alpha value is -3.48. The topological polar surface area (TPSA) is 119 Å². The van der Waals surface area contributed by atoms with Crippen molar-refractivity contribution in [3.05, 3.63) is 30.3 Å². The van der Waals surface area contributed by atoms with Crippen molar-refractivity contribution in [3.63, 3.8) is 0 Å². The zero-order valence-corrected chi connectivity index (χ0v) is 18.3. The first-order chi connectivity index (χ1) is 16.3. The van der Waals surface area contributed by atoms with Gasteiger partial charge < -0.3 is 24.8 Å². The number of benzene rings is 1. The van der Waals surface area contributed by atoms with Crippen LogP contribution in [0.25, 0.3) is 11.6 Å². The third-order valence-corrected chi connectivity index (χ3v) is 6.18. The van der Waals surface area contributed by atoms with Crippen molar-refractivity contribution in [2.24, 2.45) is 17.8 Å². The number of piperidine rings is 1. The van der Waals surface area contributed by atoms with E-state index >= 15 is 0 Å². The molecule has 2 aliphatic rings. The third-order valence-electron chi connectivity index (χ3n) is 6.18. The number of halogens is 3. The number of ether oxygens (including phenoxy) is 1. The maximum atomic E-state index is 12.2. The fraction of sp³-hybridized carbons (Fsp3) is 0.476. The van der Waals surface area contributed by atoms with Crippen molar-refractivity contribution in [3.8, 4) is 11.6 Å². The van der Waals surface area contributed by atoms with Gasteiger partial charge in [-0.1, -0.05) is 23.4 Å². The average molecular weight is 476 g/mol. The lowest BCUT2D eigenvalue weighted by atomic mass is 10.3. The highest BCUT2D eigenvalue weighted by Gasteiger charge is 2.56. The smallest absolute Gasteiger partial charge is 0.381 e. The summed E-state index contributed by atoms with van der Waals surface area (Å²) in [5, 5.41) is 4.00. The summed E-state index contributed by atoms with van der Waals surface area (Å²) >= 11 is 0. The number of fused-ring (bicyclic) bond motifs is 1. The molecule has 3 atom stereocenters. The van der Waals surface area contributed by atoms with Crippen LogP contribution in [0.15, 0.2) is 34.9 Å². The van der Waals surface area contributed by atoms with Crippen molar-refractivity contribution in [2.45, 2.75) is 12.6 Å². The third kappa shape index (κ3) is 4.74. The van der Waals surface area contributed by atoms with Crippen molar-refractivity contribution in [2.75, 3.05) is 48.9 Å². The molecule has 0 unspecified atom stereocenters. The normalized spacial score (nSPS) is 21.5. The first-order valence-electron chi connectivity index (χ1n) is 10.8. The van der Waals surface area contributed by atoms with Gasteiger partial charge in [0, 0.05) is 25.8 Å². The van der Waals surface area contributed by atoms with E-state index in [-0.39, 0.29) is 30.1 Å². The Morgan fingerprint density at radius 3 is 2.53 bits per heavy atom. The summed E-state index contributed by atoms with van der Waals surface area (Å²) in [6, 6.07) is 9.90. The van der Waals surface area contributed by atoms with Crippen molar-refractivity contribution in [1.29, 1.82) is 0 Å². The predicted octanol–water partition coefficient (Wildman–Crippen LogP) is 2.92. The largest absolute Gasteiger partial charge is 0.391 e. The number of hydrogen-bond donors (Lipinski definition) is 1. The molecule has 2 N–H and O–H groups in total. The summed E-state index contributed by atoms with van der Waals surface area (Å²) in [5.41, 5.74) is 6.77. The predicted molar refractivity (Wildman–Crippen MR) is 116 cm³/mol. The zero-order valence-electron chi connectivity index (χ0n) is 18.3. The second-order valence-electron chi connectivity index (χ2n) is 8.45. The van der Waals surface area contributed by atoms with E-state index in [0.29, 0.717) is 43.5 Å². The first-order valence-corrected chi connectivity index (χ1v) is 10.8. The van der Waals surface area contributed by atoms with Gasteiger partial charge in [-0.3, -0.25) is 0 Å². The number of rotatable bonds is 8. The highest BCUT2D eigenvalue weighted by Crippen LogP contribution is 2.52. The molecule has 1 aliphatic heterocycles. The van der Waals surface area contributed by atoms with E-state index in [1.807, 2.05) is 42.3 Å². The summed E-state index contributed by atoms with van der Waals surface area (Å²) in [6.45, 7) is 1.41. The summed E-state index contributed by atoms with van der Waals surface area (Å²) in [5.74, 6) is 1.73. The monoisotopic (exact) mass is 476 g/mol. The van der Waals surface area contributed by atoms with Crippen molar-refractivity contribution >= 4 is 23.6 Å². The summed E-state index contributed by atoms with van der Waals surface area (Å²) in [7, 11) is 1.81. The van der Waals surface area contributed by atoms with Gasteiger partial charge >= 0.3 is 12.2 Å². The molecule has 3 aromatic rings. The minimum atomic E-state index is -4.19. The number of para-hydroxylation sites is 1. The maximum Gasteiger partial charge on any atom is 0.391 e. The highest BCUT2D eigenvalue weighted by atomic mass is 19.4. The Morgan fingerprint density at radius 1 is 1.09 bits per heavy atom.